The number of carbonyl (C=O) groups excluding carboxylic acids is 1. The Hall–Kier alpha value is -3.89. The van der Waals surface area contributed by atoms with Crippen LogP contribution in [0.1, 0.15) is 87.3 Å². The van der Waals surface area contributed by atoms with E-state index in [1.165, 1.54) is 6.07 Å². The Morgan fingerprint density at radius 3 is 2.76 bits per heavy atom. The van der Waals surface area contributed by atoms with Crippen LogP contribution in [0, 0.1) is 11.2 Å². The molecule has 1 N–H and O–H groups in total. The number of aromatic amines is 1. The average molecular weight is 658 g/mol. The normalized spacial score (nSPS) is 24.8. The van der Waals surface area contributed by atoms with E-state index in [4.69, 9.17) is 31.0 Å². The molecule has 236 valence electrons. The van der Waals surface area contributed by atoms with Crippen LogP contribution < -0.4 is 4.74 Å². The minimum absolute atomic E-state index is 0.0882. The monoisotopic (exact) mass is 657 g/mol. The second kappa shape index (κ2) is 9.58. The van der Waals surface area contributed by atoms with Gasteiger partial charge < -0.3 is 14.5 Å². The summed E-state index contributed by atoms with van der Waals surface area (Å²) in [4.78, 5) is 29.1. The Labute approximate surface area is 274 Å². The first kappa shape index (κ1) is 28.3. The molecule has 4 aliphatic rings. The molecule has 5 aromatic rings. The summed E-state index contributed by atoms with van der Waals surface area (Å²) >= 11 is 7.93. The van der Waals surface area contributed by atoms with Gasteiger partial charge in [-0.2, -0.15) is 0 Å². The highest BCUT2D eigenvalue weighted by Crippen LogP contribution is 2.63. The van der Waals surface area contributed by atoms with Gasteiger partial charge in [0.15, 0.2) is 0 Å². The van der Waals surface area contributed by atoms with Crippen molar-refractivity contribution in [1.29, 1.82) is 0 Å². The number of halogens is 2. The number of piperidine rings is 1. The number of nitrogens with zero attached hydrogens (tertiary/aromatic N) is 4. The summed E-state index contributed by atoms with van der Waals surface area (Å²) in [5.74, 6) is 1.27. The van der Waals surface area contributed by atoms with E-state index in [0.29, 0.717) is 22.3 Å². The van der Waals surface area contributed by atoms with Crippen LogP contribution in [0.25, 0.3) is 33.4 Å². The first-order chi connectivity index (χ1) is 22.0. The lowest BCUT2D eigenvalue weighted by molar-refractivity contribution is 0.0174. The minimum Gasteiger partial charge on any atom is -0.464 e. The first-order valence-corrected chi connectivity index (χ1v) is 17.0. The molecular weight excluding hydrogens is 625 g/mol. The van der Waals surface area contributed by atoms with Crippen LogP contribution in [-0.2, 0) is 4.74 Å². The lowest BCUT2D eigenvalue weighted by Gasteiger charge is -2.29. The van der Waals surface area contributed by atoms with E-state index in [1.807, 2.05) is 56.3 Å². The molecule has 5 heterocycles. The Morgan fingerprint density at radius 1 is 1.15 bits per heavy atom. The molecule has 11 heteroatoms. The zero-order valence-electron chi connectivity index (χ0n) is 25.9. The first-order valence-electron chi connectivity index (χ1n) is 15.8. The van der Waals surface area contributed by atoms with Gasteiger partial charge in [0.25, 0.3) is 0 Å². The predicted molar refractivity (Wildman–Crippen MR) is 175 cm³/mol. The number of rotatable bonds is 4. The molecule has 1 saturated heterocycles. The van der Waals surface area contributed by atoms with Gasteiger partial charge in [-0.25, -0.2) is 19.2 Å². The smallest absolute Gasteiger partial charge is 0.411 e. The van der Waals surface area contributed by atoms with Gasteiger partial charge in [-0.3, -0.25) is 9.47 Å². The molecule has 8 nitrogen and oxygen atoms in total. The van der Waals surface area contributed by atoms with E-state index in [0.717, 1.165) is 69.2 Å². The van der Waals surface area contributed by atoms with Crippen molar-refractivity contribution in [2.45, 2.75) is 83.2 Å². The minimum atomic E-state index is -0.574. The highest BCUT2D eigenvalue weighted by atomic mass is 35.5. The van der Waals surface area contributed by atoms with E-state index >= 15 is 4.39 Å². The second-order valence-electron chi connectivity index (χ2n) is 14.4. The number of amides is 1. The topological polar surface area (TPSA) is 85.3 Å². The van der Waals surface area contributed by atoms with Gasteiger partial charge in [-0.1, -0.05) is 24.6 Å². The molecule has 3 aromatic heterocycles. The lowest BCUT2D eigenvalue weighted by Crippen LogP contribution is -2.38. The van der Waals surface area contributed by atoms with Gasteiger partial charge in [-0.15, -0.1) is 11.3 Å². The number of carbonyl (C=O) groups is 1. The third-order valence-electron chi connectivity index (χ3n) is 9.76. The van der Waals surface area contributed by atoms with Crippen molar-refractivity contribution in [2.75, 3.05) is 0 Å². The van der Waals surface area contributed by atoms with Gasteiger partial charge in [0.2, 0.25) is 6.23 Å². The molecule has 9 rings (SSSR count). The van der Waals surface area contributed by atoms with E-state index in [-0.39, 0.29) is 23.6 Å². The molecule has 4 unspecified atom stereocenters. The molecule has 2 saturated carbocycles. The van der Waals surface area contributed by atoms with Crippen LogP contribution in [0.3, 0.4) is 0 Å². The number of ether oxygens (including phenoxy) is 2. The summed E-state index contributed by atoms with van der Waals surface area (Å²) in [5.41, 5.74) is 3.34. The fourth-order valence-corrected chi connectivity index (χ4v) is 8.58. The molecular formula is C35H33ClFN5O3S. The van der Waals surface area contributed by atoms with Crippen LogP contribution in [0.15, 0.2) is 48.8 Å². The molecule has 0 spiro atoms. The predicted octanol–water partition coefficient (Wildman–Crippen LogP) is 9.22. The number of hydrogen-bond donors (Lipinski definition) is 1. The van der Waals surface area contributed by atoms with Crippen molar-refractivity contribution in [3.05, 3.63) is 75.3 Å². The fraction of sp³-hybridized carbons (Fsp3) is 0.400. The second-order valence-corrected chi connectivity index (χ2v) is 16.0. The van der Waals surface area contributed by atoms with E-state index < -0.39 is 17.6 Å². The maximum absolute atomic E-state index is 15.5. The molecule has 46 heavy (non-hydrogen) atoms. The highest BCUT2D eigenvalue weighted by molar-refractivity contribution is 7.11. The van der Waals surface area contributed by atoms with Crippen LogP contribution >= 0.6 is 22.9 Å². The molecule has 3 fully saturated rings. The van der Waals surface area contributed by atoms with Crippen LogP contribution in [-0.4, -0.2) is 42.2 Å². The zero-order valence-corrected chi connectivity index (χ0v) is 27.5. The molecule has 2 aromatic carbocycles. The maximum Gasteiger partial charge on any atom is 0.411 e. The Balaban J connectivity index is 1.09. The van der Waals surface area contributed by atoms with E-state index in [9.17, 15) is 4.79 Å². The quantitative estimate of drug-likeness (QED) is 0.208. The summed E-state index contributed by atoms with van der Waals surface area (Å²) in [5, 5.41) is 2.35. The van der Waals surface area contributed by atoms with Crippen LogP contribution in [0.2, 0.25) is 5.02 Å². The van der Waals surface area contributed by atoms with Crippen LogP contribution in [0.4, 0.5) is 9.18 Å². The molecule has 0 bridgehead atoms. The third-order valence-corrected chi connectivity index (χ3v) is 11.2. The SMILES string of the molecule is CC(C)(C)OC(=O)N1C(c2ncc(-c3ccc4c(c3)cc3n4C(c4cnc(C5CC5)s4)Oc4cc(Cl)cc(F)c4-3)[nH]2)CC2(C)CC12. The largest absolute Gasteiger partial charge is 0.464 e. The van der Waals surface area contributed by atoms with Gasteiger partial charge in [0.1, 0.15) is 23.0 Å². The van der Waals surface area contributed by atoms with Crippen LogP contribution in [0.5, 0.6) is 5.75 Å². The Bertz CT molecular complexity index is 2080. The van der Waals surface area contributed by atoms with Gasteiger partial charge >= 0.3 is 6.09 Å². The molecule has 2 aliphatic heterocycles. The number of likely N-dealkylation sites (tertiary alicyclic amines) is 1. The van der Waals surface area contributed by atoms with Crippen molar-refractivity contribution in [3.63, 3.8) is 0 Å². The zero-order chi connectivity index (χ0) is 31.7. The lowest BCUT2D eigenvalue weighted by atomic mass is 10.0. The molecule has 2 aliphatic carbocycles. The van der Waals surface area contributed by atoms with Gasteiger partial charge in [0, 0.05) is 34.1 Å². The number of H-pyrrole nitrogens is 1. The van der Waals surface area contributed by atoms with E-state index in [2.05, 4.69) is 22.5 Å². The van der Waals surface area contributed by atoms with Crippen molar-refractivity contribution < 1.29 is 18.7 Å². The summed E-state index contributed by atoms with van der Waals surface area (Å²) in [7, 11) is 0. The number of benzene rings is 2. The fourth-order valence-electron chi connectivity index (χ4n) is 7.28. The number of imidazole rings is 1. The van der Waals surface area contributed by atoms with Crippen molar-refractivity contribution >= 4 is 39.9 Å². The van der Waals surface area contributed by atoms with Gasteiger partial charge in [-0.05, 0) is 82.2 Å². The van der Waals surface area contributed by atoms with Crippen molar-refractivity contribution in [3.8, 4) is 28.3 Å². The number of aromatic nitrogens is 4. The Kier molecular flexibility index (Phi) is 5.90. The number of fused-ring (bicyclic) bond motifs is 6. The third kappa shape index (κ3) is 4.47. The standard InChI is InChI=1S/C35H33ClFN5O3S/c1-34(2,3)45-33(43)42-25(13-35(4)14-28(35)42)30-38-15-22(40-30)18-7-8-23-19(9-18)10-24-29-21(37)11-20(36)12-26(29)44-32(41(23)24)27-16-39-31(46-27)17-5-6-17/h7-12,15-17,25,28,32H,5-6,13-14H2,1-4H3,(H,38,40). The van der Waals surface area contributed by atoms with E-state index in [1.54, 1.807) is 17.4 Å². The molecule has 0 radical (unpaired) electrons. The number of thiazole rings is 1. The number of nitrogens with one attached hydrogen (secondary N) is 1. The number of hydrogen-bond acceptors (Lipinski definition) is 6. The maximum atomic E-state index is 15.5. The van der Waals surface area contributed by atoms with Gasteiger partial charge in [0.05, 0.1) is 44.6 Å². The summed E-state index contributed by atoms with van der Waals surface area (Å²) in [6.45, 7) is 7.90. The molecule has 4 atom stereocenters. The Morgan fingerprint density at radius 2 is 1.98 bits per heavy atom. The van der Waals surface area contributed by atoms with Crippen molar-refractivity contribution in [1.82, 2.24) is 24.4 Å². The molecule has 1 amide bonds. The average Bonchev–Trinajstić information content (AvgIpc) is 3.64. The summed E-state index contributed by atoms with van der Waals surface area (Å²) < 4.78 is 29.8. The summed E-state index contributed by atoms with van der Waals surface area (Å²) in [6, 6.07) is 11.2. The highest BCUT2D eigenvalue weighted by Gasteiger charge is 2.64. The summed E-state index contributed by atoms with van der Waals surface area (Å²) in [6.07, 6.45) is 7.07. The van der Waals surface area contributed by atoms with Crippen molar-refractivity contribution in [2.24, 2.45) is 5.41 Å².